The molecule has 100 valence electrons. The lowest BCUT2D eigenvalue weighted by atomic mass is 9.98. The molecule has 0 aliphatic heterocycles. The Hall–Kier alpha value is -1.33. The Morgan fingerprint density at radius 3 is 2.83 bits per heavy atom. The van der Waals surface area contributed by atoms with Gasteiger partial charge in [0.1, 0.15) is 5.69 Å². The van der Waals surface area contributed by atoms with E-state index in [2.05, 4.69) is 29.1 Å². The van der Waals surface area contributed by atoms with Crippen LogP contribution in [0.4, 0.5) is 0 Å². The van der Waals surface area contributed by atoms with Gasteiger partial charge in [-0.2, -0.15) is 0 Å². The van der Waals surface area contributed by atoms with Crippen molar-refractivity contribution in [1.82, 2.24) is 15.3 Å². The second kappa shape index (κ2) is 7.18. The molecule has 0 saturated heterocycles. The van der Waals surface area contributed by atoms with Gasteiger partial charge in [0.2, 0.25) is 0 Å². The minimum absolute atomic E-state index is 0.00596. The molecule has 18 heavy (non-hydrogen) atoms. The Kier molecular flexibility index (Phi) is 5.88. The summed E-state index contributed by atoms with van der Waals surface area (Å²) in [6, 6.07) is 0. The first-order valence-electron chi connectivity index (χ1n) is 6.20. The smallest absolute Gasteiger partial charge is 0.184 e. The van der Waals surface area contributed by atoms with Crippen molar-refractivity contribution in [2.45, 2.75) is 38.6 Å². The lowest BCUT2D eigenvalue weighted by Gasteiger charge is -2.26. The maximum absolute atomic E-state index is 11.8. The number of aliphatic hydroxyl groups is 1. The molecular formula is C13H21N3O2. The van der Waals surface area contributed by atoms with Crippen LogP contribution in [0.1, 0.15) is 43.6 Å². The topological polar surface area (TPSA) is 75.1 Å². The summed E-state index contributed by atoms with van der Waals surface area (Å²) >= 11 is 0. The summed E-state index contributed by atoms with van der Waals surface area (Å²) in [5, 5.41) is 12.1. The van der Waals surface area contributed by atoms with Gasteiger partial charge in [-0.25, -0.2) is 4.98 Å². The highest BCUT2D eigenvalue weighted by Gasteiger charge is 2.16. The standard InChI is InChI=1S/C13H21N3O2/c1-13(2,5-3-9-17)16-6-4-12(18)11-10-14-7-8-15-11/h7-8,10,16-17H,3-6,9H2,1-2H3. The van der Waals surface area contributed by atoms with Crippen molar-refractivity contribution in [2.24, 2.45) is 0 Å². The van der Waals surface area contributed by atoms with Crippen molar-refractivity contribution in [3.05, 3.63) is 24.3 Å². The summed E-state index contributed by atoms with van der Waals surface area (Å²) in [4.78, 5) is 19.6. The number of carbonyl (C=O) groups is 1. The van der Waals surface area contributed by atoms with E-state index in [4.69, 9.17) is 5.11 Å². The van der Waals surface area contributed by atoms with Gasteiger partial charge in [-0.15, -0.1) is 0 Å². The maximum atomic E-state index is 11.8. The van der Waals surface area contributed by atoms with Crippen LogP contribution in [0.3, 0.4) is 0 Å². The van der Waals surface area contributed by atoms with E-state index in [9.17, 15) is 4.79 Å². The summed E-state index contributed by atoms with van der Waals surface area (Å²) in [5.74, 6) is -0.00596. The van der Waals surface area contributed by atoms with Crippen molar-refractivity contribution >= 4 is 5.78 Å². The number of nitrogens with zero attached hydrogens (tertiary/aromatic N) is 2. The second-order valence-corrected chi connectivity index (χ2v) is 4.90. The molecule has 5 nitrogen and oxygen atoms in total. The first kappa shape index (κ1) is 14.7. The molecule has 0 bridgehead atoms. The molecule has 0 aliphatic rings. The van der Waals surface area contributed by atoms with Gasteiger partial charge in [-0.1, -0.05) is 0 Å². The normalized spacial score (nSPS) is 11.5. The minimum atomic E-state index is -0.0641. The molecule has 0 amide bonds. The van der Waals surface area contributed by atoms with Crippen LogP contribution < -0.4 is 5.32 Å². The number of ketones is 1. The number of aliphatic hydroxyl groups excluding tert-OH is 1. The SMILES string of the molecule is CC(C)(CCCO)NCCC(=O)c1cnccn1. The van der Waals surface area contributed by atoms with E-state index < -0.39 is 0 Å². The molecule has 0 atom stereocenters. The highest BCUT2D eigenvalue weighted by molar-refractivity contribution is 5.93. The summed E-state index contributed by atoms with van der Waals surface area (Å²) in [5.41, 5.74) is 0.346. The van der Waals surface area contributed by atoms with E-state index in [0.29, 0.717) is 18.7 Å². The number of Topliss-reactive ketones (excluding diaryl/α,β-unsaturated/α-hetero) is 1. The molecule has 1 heterocycles. The van der Waals surface area contributed by atoms with Crippen LogP contribution in [0.5, 0.6) is 0 Å². The van der Waals surface area contributed by atoms with Gasteiger partial charge in [-0.05, 0) is 26.7 Å². The number of nitrogens with one attached hydrogen (secondary N) is 1. The van der Waals surface area contributed by atoms with E-state index in [1.807, 2.05) is 0 Å². The summed E-state index contributed by atoms with van der Waals surface area (Å²) in [6.07, 6.45) is 6.60. The van der Waals surface area contributed by atoms with Gasteiger partial charge in [0, 0.05) is 37.5 Å². The monoisotopic (exact) mass is 251 g/mol. The van der Waals surface area contributed by atoms with Crippen molar-refractivity contribution in [3.63, 3.8) is 0 Å². The molecule has 0 fully saturated rings. The number of rotatable bonds is 8. The predicted octanol–water partition coefficient (Wildman–Crippen LogP) is 1.19. The summed E-state index contributed by atoms with van der Waals surface area (Å²) in [6.45, 7) is 4.93. The molecule has 0 aliphatic carbocycles. The van der Waals surface area contributed by atoms with Gasteiger partial charge in [0.05, 0.1) is 6.20 Å². The van der Waals surface area contributed by atoms with Gasteiger partial charge < -0.3 is 10.4 Å². The van der Waals surface area contributed by atoms with Gasteiger partial charge >= 0.3 is 0 Å². The van der Waals surface area contributed by atoms with Crippen LogP contribution in [-0.4, -0.2) is 39.5 Å². The van der Waals surface area contributed by atoms with Crippen LogP contribution in [-0.2, 0) is 0 Å². The molecular weight excluding hydrogens is 230 g/mol. The Bertz CT molecular complexity index is 366. The van der Waals surface area contributed by atoms with E-state index >= 15 is 0 Å². The number of hydrogen-bond donors (Lipinski definition) is 2. The predicted molar refractivity (Wildman–Crippen MR) is 69.4 cm³/mol. The fourth-order valence-corrected chi connectivity index (χ4v) is 1.69. The van der Waals surface area contributed by atoms with Gasteiger partial charge in [0.25, 0.3) is 0 Å². The van der Waals surface area contributed by atoms with Gasteiger partial charge in [-0.3, -0.25) is 9.78 Å². The number of carbonyl (C=O) groups excluding carboxylic acids is 1. The second-order valence-electron chi connectivity index (χ2n) is 4.90. The molecule has 2 N–H and O–H groups in total. The molecule has 0 aromatic carbocycles. The zero-order chi connectivity index (χ0) is 13.4. The largest absolute Gasteiger partial charge is 0.396 e. The summed E-state index contributed by atoms with van der Waals surface area (Å²) < 4.78 is 0. The first-order valence-corrected chi connectivity index (χ1v) is 6.20. The third-order valence-corrected chi connectivity index (χ3v) is 2.76. The molecule has 0 radical (unpaired) electrons. The lowest BCUT2D eigenvalue weighted by molar-refractivity contribution is 0.0974. The third-order valence-electron chi connectivity index (χ3n) is 2.76. The molecule has 1 aromatic heterocycles. The minimum Gasteiger partial charge on any atom is -0.396 e. The lowest BCUT2D eigenvalue weighted by Crippen LogP contribution is -2.40. The van der Waals surface area contributed by atoms with Crippen LogP contribution >= 0.6 is 0 Å². The Morgan fingerprint density at radius 2 is 2.22 bits per heavy atom. The van der Waals surface area contributed by atoms with E-state index in [1.54, 1.807) is 6.20 Å². The fourth-order valence-electron chi connectivity index (χ4n) is 1.69. The third kappa shape index (κ3) is 5.33. The quantitative estimate of drug-likeness (QED) is 0.679. The van der Waals surface area contributed by atoms with Crippen molar-refractivity contribution in [1.29, 1.82) is 0 Å². The van der Waals surface area contributed by atoms with Crippen molar-refractivity contribution < 1.29 is 9.90 Å². The van der Waals surface area contributed by atoms with Gasteiger partial charge in [0.15, 0.2) is 5.78 Å². The maximum Gasteiger partial charge on any atom is 0.184 e. The van der Waals surface area contributed by atoms with E-state index in [1.165, 1.54) is 12.4 Å². The number of aromatic nitrogens is 2. The average Bonchev–Trinajstić information content (AvgIpc) is 2.37. The Morgan fingerprint density at radius 1 is 1.44 bits per heavy atom. The highest BCUT2D eigenvalue weighted by Crippen LogP contribution is 2.10. The fraction of sp³-hybridized carbons (Fsp3) is 0.615. The van der Waals surface area contributed by atoms with E-state index in [0.717, 1.165) is 12.8 Å². The number of hydrogen-bond acceptors (Lipinski definition) is 5. The van der Waals surface area contributed by atoms with Crippen LogP contribution in [0.15, 0.2) is 18.6 Å². The summed E-state index contributed by atoms with van der Waals surface area (Å²) in [7, 11) is 0. The van der Waals surface area contributed by atoms with Crippen LogP contribution in [0.2, 0.25) is 0 Å². The molecule has 1 rings (SSSR count). The molecule has 1 aromatic rings. The Labute approximate surface area is 108 Å². The molecule has 0 unspecified atom stereocenters. The average molecular weight is 251 g/mol. The molecule has 0 spiro atoms. The highest BCUT2D eigenvalue weighted by atomic mass is 16.2. The van der Waals surface area contributed by atoms with E-state index in [-0.39, 0.29) is 17.9 Å². The van der Waals surface area contributed by atoms with Crippen LogP contribution in [0.25, 0.3) is 0 Å². The van der Waals surface area contributed by atoms with Crippen molar-refractivity contribution in [3.8, 4) is 0 Å². The molecule has 0 saturated carbocycles. The first-order chi connectivity index (χ1) is 8.55. The zero-order valence-electron chi connectivity index (χ0n) is 11.0. The molecule has 5 heteroatoms. The zero-order valence-corrected chi connectivity index (χ0v) is 11.0. The van der Waals surface area contributed by atoms with Crippen molar-refractivity contribution in [2.75, 3.05) is 13.2 Å². The van der Waals surface area contributed by atoms with Crippen LogP contribution in [0, 0.1) is 0 Å². The Balaban J connectivity index is 2.31.